The number of esters is 1. The Morgan fingerprint density at radius 2 is 1.27 bits per heavy atom. The number of rotatable bonds is 4. The van der Waals surface area contributed by atoms with E-state index in [-0.39, 0.29) is 0 Å². The summed E-state index contributed by atoms with van der Waals surface area (Å²) in [7, 11) is 1.15. The summed E-state index contributed by atoms with van der Waals surface area (Å²) in [6.45, 7) is 13.2. The molecule has 0 aliphatic heterocycles. The number of carbonyl (C=O) groups excluding carboxylic acids is 3. The molecule has 1 aromatic rings. The zero-order valence-corrected chi connectivity index (χ0v) is 15.1. The maximum Gasteiger partial charge on any atom is 0.324 e. The van der Waals surface area contributed by atoms with Crippen molar-refractivity contribution in [3.05, 3.63) is 35.9 Å². The summed E-state index contributed by atoms with van der Waals surface area (Å²) >= 11 is 0. The van der Waals surface area contributed by atoms with Gasteiger partial charge in [0, 0.05) is 5.56 Å². The molecular weight excluding hydrogens is 280 g/mol. The molecule has 0 fully saturated rings. The highest BCUT2D eigenvalue weighted by molar-refractivity contribution is 6.21. The van der Waals surface area contributed by atoms with Crippen molar-refractivity contribution in [1.29, 1.82) is 0 Å². The van der Waals surface area contributed by atoms with Crippen LogP contribution in [0.15, 0.2) is 30.3 Å². The molecule has 0 aliphatic rings. The molecule has 1 unspecified atom stereocenters. The van der Waals surface area contributed by atoms with Gasteiger partial charge in [-0.1, -0.05) is 71.9 Å². The average molecular weight is 310 g/mol. The van der Waals surface area contributed by atoms with Gasteiger partial charge in [-0.2, -0.15) is 0 Å². The maximum absolute atomic E-state index is 11.9. The van der Waals surface area contributed by atoms with Crippen LogP contribution >= 0.6 is 0 Å². The second kappa shape index (κ2) is 17.1. The lowest BCUT2D eigenvalue weighted by molar-refractivity contribution is -0.146. The van der Waals surface area contributed by atoms with Crippen LogP contribution in [0.4, 0.5) is 0 Å². The van der Waals surface area contributed by atoms with Gasteiger partial charge < -0.3 is 4.74 Å². The minimum atomic E-state index is -1.35. The number of hydrogen-bond donors (Lipinski definition) is 0. The summed E-state index contributed by atoms with van der Waals surface area (Å²) in [6, 6.07) is 8.20. The predicted octanol–water partition coefficient (Wildman–Crippen LogP) is 4.33. The molecule has 0 radical (unpaired) electrons. The largest absolute Gasteiger partial charge is 0.468 e. The second-order valence-electron chi connectivity index (χ2n) is 3.30. The molecule has 0 spiro atoms. The van der Waals surface area contributed by atoms with Gasteiger partial charge in [-0.25, -0.2) is 0 Å². The first-order valence-corrected chi connectivity index (χ1v) is 7.75. The molecule has 126 valence electrons. The Labute approximate surface area is 134 Å². The van der Waals surface area contributed by atoms with Gasteiger partial charge in [0.2, 0.25) is 0 Å². The molecule has 0 aromatic heterocycles. The molecule has 0 N–H and O–H groups in total. The SMILES string of the molecule is CC.CC.CC.COC(=O)C(C(C)=O)C(=O)c1ccccc1. The Bertz CT molecular complexity index is 410. The van der Waals surface area contributed by atoms with Crippen molar-refractivity contribution in [3.63, 3.8) is 0 Å². The van der Waals surface area contributed by atoms with Gasteiger partial charge >= 0.3 is 5.97 Å². The van der Waals surface area contributed by atoms with Gasteiger partial charge in [0.05, 0.1) is 7.11 Å². The summed E-state index contributed by atoms with van der Waals surface area (Å²) in [5.41, 5.74) is 0.327. The lowest BCUT2D eigenvalue weighted by atomic mass is 9.94. The van der Waals surface area contributed by atoms with Crippen LogP contribution in [0.5, 0.6) is 0 Å². The van der Waals surface area contributed by atoms with E-state index in [9.17, 15) is 14.4 Å². The number of Topliss-reactive ketones (excluding diaryl/α,β-unsaturated/α-hetero) is 2. The van der Waals surface area contributed by atoms with Gasteiger partial charge in [-0.05, 0) is 6.92 Å². The van der Waals surface area contributed by atoms with E-state index in [1.165, 1.54) is 6.92 Å². The second-order valence-corrected chi connectivity index (χ2v) is 3.30. The van der Waals surface area contributed by atoms with Crippen LogP contribution in [-0.2, 0) is 14.3 Å². The topological polar surface area (TPSA) is 60.4 Å². The number of carbonyl (C=O) groups is 3. The van der Waals surface area contributed by atoms with Gasteiger partial charge in [0.1, 0.15) is 0 Å². The zero-order valence-electron chi connectivity index (χ0n) is 15.1. The summed E-state index contributed by atoms with van der Waals surface area (Å²) in [6.07, 6.45) is 0. The van der Waals surface area contributed by atoms with Gasteiger partial charge in [-0.15, -0.1) is 0 Å². The quantitative estimate of drug-likeness (QED) is 0.472. The van der Waals surface area contributed by atoms with Crippen LogP contribution in [0.2, 0.25) is 0 Å². The van der Waals surface area contributed by atoms with E-state index in [0.29, 0.717) is 5.56 Å². The third kappa shape index (κ3) is 9.06. The molecule has 0 aliphatic carbocycles. The lowest BCUT2D eigenvalue weighted by Crippen LogP contribution is -2.31. The number of hydrogen-bond acceptors (Lipinski definition) is 4. The van der Waals surface area contributed by atoms with Crippen molar-refractivity contribution in [3.8, 4) is 0 Å². The molecule has 4 nitrogen and oxygen atoms in total. The Hall–Kier alpha value is -1.97. The third-order valence-electron chi connectivity index (χ3n) is 2.16. The monoisotopic (exact) mass is 310 g/mol. The van der Waals surface area contributed by atoms with Crippen LogP contribution in [0.25, 0.3) is 0 Å². The van der Waals surface area contributed by atoms with Crippen molar-refractivity contribution < 1.29 is 19.1 Å². The first kappa shape index (κ1) is 25.0. The predicted molar refractivity (Wildman–Crippen MR) is 91.0 cm³/mol. The van der Waals surface area contributed by atoms with Crippen LogP contribution < -0.4 is 0 Å². The van der Waals surface area contributed by atoms with E-state index >= 15 is 0 Å². The Kier molecular flexibility index (Phi) is 19.4. The van der Waals surface area contributed by atoms with Crippen molar-refractivity contribution in [1.82, 2.24) is 0 Å². The molecule has 1 aromatic carbocycles. The number of methoxy groups -OCH3 is 1. The minimum Gasteiger partial charge on any atom is -0.468 e. The zero-order chi connectivity index (χ0) is 18.1. The van der Waals surface area contributed by atoms with E-state index in [4.69, 9.17) is 0 Å². The fourth-order valence-electron chi connectivity index (χ4n) is 1.34. The standard InChI is InChI=1S/C12H12O4.3C2H6/c1-8(13)10(12(15)16-2)11(14)9-6-4-3-5-7-9;3*1-2/h3-7,10H,1-2H3;3*1-2H3. The van der Waals surface area contributed by atoms with E-state index in [1.54, 1.807) is 30.3 Å². The van der Waals surface area contributed by atoms with E-state index in [0.717, 1.165) is 7.11 Å². The number of ether oxygens (including phenoxy) is 1. The van der Waals surface area contributed by atoms with Crippen molar-refractivity contribution >= 4 is 17.5 Å². The summed E-state index contributed by atoms with van der Waals surface area (Å²) in [5.74, 6) is -3.21. The molecule has 0 amide bonds. The highest BCUT2D eigenvalue weighted by Gasteiger charge is 2.32. The summed E-state index contributed by atoms with van der Waals surface area (Å²) in [4.78, 5) is 34.4. The molecule has 0 heterocycles. The average Bonchev–Trinajstić information content (AvgIpc) is 2.60. The molecule has 1 atom stereocenters. The van der Waals surface area contributed by atoms with Crippen LogP contribution in [0.1, 0.15) is 58.8 Å². The fourth-order valence-corrected chi connectivity index (χ4v) is 1.34. The van der Waals surface area contributed by atoms with E-state index in [1.807, 2.05) is 41.5 Å². The van der Waals surface area contributed by atoms with E-state index in [2.05, 4.69) is 4.74 Å². The Morgan fingerprint density at radius 1 is 0.864 bits per heavy atom. The fraction of sp³-hybridized carbons (Fsp3) is 0.500. The molecule has 0 saturated carbocycles. The first-order valence-electron chi connectivity index (χ1n) is 7.75. The van der Waals surface area contributed by atoms with Crippen molar-refractivity contribution in [2.75, 3.05) is 7.11 Å². The molecule has 1 rings (SSSR count). The third-order valence-corrected chi connectivity index (χ3v) is 2.16. The number of benzene rings is 1. The van der Waals surface area contributed by atoms with E-state index < -0.39 is 23.5 Å². The van der Waals surface area contributed by atoms with Gasteiger partial charge in [0.15, 0.2) is 17.5 Å². The molecule has 0 bridgehead atoms. The maximum atomic E-state index is 11.9. The van der Waals surface area contributed by atoms with Crippen LogP contribution in [-0.4, -0.2) is 24.6 Å². The molecule has 0 saturated heterocycles. The minimum absolute atomic E-state index is 0.327. The van der Waals surface area contributed by atoms with Gasteiger partial charge in [-0.3, -0.25) is 14.4 Å². The van der Waals surface area contributed by atoms with Crippen molar-refractivity contribution in [2.24, 2.45) is 5.92 Å². The number of ketones is 2. The molecule has 4 heteroatoms. The van der Waals surface area contributed by atoms with Crippen molar-refractivity contribution in [2.45, 2.75) is 48.5 Å². The van der Waals surface area contributed by atoms with Gasteiger partial charge in [0.25, 0.3) is 0 Å². The Balaban J connectivity index is -0.000000535. The highest BCUT2D eigenvalue weighted by Crippen LogP contribution is 2.11. The summed E-state index contributed by atoms with van der Waals surface area (Å²) in [5, 5.41) is 0. The smallest absolute Gasteiger partial charge is 0.324 e. The molecule has 22 heavy (non-hydrogen) atoms. The molecular formula is C18H30O4. The highest BCUT2D eigenvalue weighted by atomic mass is 16.5. The van der Waals surface area contributed by atoms with Crippen LogP contribution in [0, 0.1) is 5.92 Å². The first-order chi connectivity index (χ1) is 10.6. The van der Waals surface area contributed by atoms with Crippen LogP contribution in [0.3, 0.4) is 0 Å². The normalized spacial score (nSPS) is 9.27. The summed E-state index contributed by atoms with van der Waals surface area (Å²) < 4.78 is 4.44. The lowest BCUT2D eigenvalue weighted by Gasteiger charge is -2.09. The Morgan fingerprint density at radius 3 is 1.59 bits per heavy atom.